The molecule has 4 heterocycles. The van der Waals surface area contributed by atoms with Crippen molar-refractivity contribution in [1.82, 2.24) is 25.4 Å². The van der Waals surface area contributed by atoms with Crippen LogP contribution in [0.2, 0.25) is 0 Å². The van der Waals surface area contributed by atoms with Crippen molar-refractivity contribution in [2.45, 2.75) is 17.8 Å². The highest BCUT2D eigenvalue weighted by atomic mass is 32.2. The van der Waals surface area contributed by atoms with Crippen molar-refractivity contribution in [2.24, 2.45) is 0 Å². The maximum Gasteiger partial charge on any atom is 0.253 e. The molecule has 13 heteroatoms. The number of nitrogens with zero attached hydrogens (tertiary/aromatic N) is 4. The first-order valence-electron chi connectivity index (χ1n) is 7.62. The Bertz CT molecular complexity index is 956. The Labute approximate surface area is 170 Å². The number of amides is 2. The van der Waals surface area contributed by atoms with Gasteiger partial charge in [-0.15, -0.1) is 44.6 Å². The second-order valence-corrected chi connectivity index (χ2v) is 8.92. The van der Waals surface area contributed by atoms with Gasteiger partial charge in [0, 0.05) is 16.7 Å². The summed E-state index contributed by atoms with van der Waals surface area (Å²) in [5.74, 6) is -0.199. The van der Waals surface area contributed by atoms with Crippen LogP contribution in [0.25, 0.3) is 5.57 Å². The zero-order valence-corrected chi connectivity index (χ0v) is 16.8. The van der Waals surface area contributed by atoms with Crippen molar-refractivity contribution in [3.8, 4) is 0 Å². The maximum atomic E-state index is 12.6. The third-order valence-corrected chi connectivity index (χ3v) is 6.98. The van der Waals surface area contributed by atoms with Crippen LogP contribution in [0.1, 0.15) is 10.7 Å². The number of thioether (sulfide) groups is 1. The fourth-order valence-corrected chi connectivity index (χ4v) is 5.72. The van der Waals surface area contributed by atoms with Crippen LogP contribution in [0.15, 0.2) is 16.6 Å². The summed E-state index contributed by atoms with van der Waals surface area (Å²) in [6, 6.07) is -0.697. The van der Waals surface area contributed by atoms with Crippen LogP contribution < -0.4 is 11.1 Å². The first kappa shape index (κ1) is 18.4. The molecule has 0 bridgehead atoms. The minimum atomic E-state index is -0.697. The smallest absolute Gasteiger partial charge is 0.253 e. The number of hydrogen-bond donors (Lipinski definition) is 3. The van der Waals surface area contributed by atoms with E-state index in [4.69, 9.17) is 5.73 Å². The first-order valence-corrected chi connectivity index (χ1v) is 10.9. The van der Waals surface area contributed by atoms with E-state index in [2.05, 4.69) is 33.1 Å². The molecule has 0 aliphatic carbocycles. The molecule has 3 N–H and O–H groups in total. The summed E-state index contributed by atoms with van der Waals surface area (Å²) in [4.78, 5) is 42.3. The average molecular weight is 441 g/mol. The van der Waals surface area contributed by atoms with Gasteiger partial charge in [-0.2, -0.15) is 0 Å². The van der Waals surface area contributed by atoms with Crippen molar-refractivity contribution in [1.29, 1.82) is 0 Å². The summed E-state index contributed by atoms with van der Waals surface area (Å²) in [5.41, 5.74) is 8.52. The fourth-order valence-electron chi connectivity index (χ4n) is 2.88. The predicted molar refractivity (Wildman–Crippen MR) is 106 cm³/mol. The van der Waals surface area contributed by atoms with Crippen LogP contribution in [-0.2, 0) is 20.8 Å². The average Bonchev–Trinajstić information content (AvgIpc) is 3.30. The second kappa shape index (κ2) is 7.22. The number of thiol groups is 1. The minimum absolute atomic E-state index is 0.0408. The van der Waals surface area contributed by atoms with Gasteiger partial charge < -0.3 is 11.1 Å². The number of hydrogen-bond acceptors (Lipinski definition) is 10. The Morgan fingerprint density at radius 3 is 2.85 bits per heavy atom. The third kappa shape index (κ3) is 3.35. The molecule has 1 saturated heterocycles. The number of nitrogens with one attached hydrogen (secondary N) is 1. The molecule has 0 spiro atoms. The molecule has 2 aromatic rings. The summed E-state index contributed by atoms with van der Waals surface area (Å²) in [5, 5.41) is 12.3. The van der Waals surface area contributed by atoms with Gasteiger partial charge in [-0.25, -0.2) is 4.98 Å². The topological polar surface area (TPSA) is 131 Å². The molecule has 0 saturated carbocycles. The Morgan fingerprint density at radius 2 is 2.22 bits per heavy atom. The second-order valence-electron chi connectivity index (χ2n) is 5.69. The molecular weight excluding hydrogens is 428 g/mol. The summed E-state index contributed by atoms with van der Waals surface area (Å²) >= 11 is 7.92. The number of thiazole rings is 1. The number of nitrogens with two attached hydrogens (primary N) is 1. The van der Waals surface area contributed by atoms with Crippen molar-refractivity contribution in [3.63, 3.8) is 0 Å². The molecule has 9 nitrogen and oxygen atoms in total. The van der Waals surface area contributed by atoms with Gasteiger partial charge in [0.15, 0.2) is 5.13 Å². The van der Waals surface area contributed by atoms with E-state index in [1.54, 1.807) is 10.9 Å². The highest BCUT2D eigenvalue weighted by molar-refractivity contribution is 8.00. The summed E-state index contributed by atoms with van der Waals surface area (Å²) < 4.78 is 0. The van der Waals surface area contributed by atoms with E-state index >= 15 is 0 Å². The van der Waals surface area contributed by atoms with Gasteiger partial charge in [0.05, 0.1) is 12.1 Å². The molecule has 1 fully saturated rings. The van der Waals surface area contributed by atoms with Gasteiger partial charge in [-0.05, 0) is 0 Å². The van der Waals surface area contributed by atoms with Crippen LogP contribution >= 0.6 is 47.1 Å². The van der Waals surface area contributed by atoms with Gasteiger partial charge in [0.1, 0.15) is 27.6 Å². The number of anilines is 1. The summed E-state index contributed by atoms with van der Waals surface area (Å²) in [7, 11) is 0. The lowest BCUT2D eigenvalue weighted by Crippen LogP contribution is -2.70. The highest BCUT2D eigenvalue weighted by Crippen LogP contribution is 2.44. The Morgan fingerprint density at radius 1 is 1.41 bits per heavy atom. The van der Waals surface area contributed by atoms with Crippen molar-refractivity contribution < 1.29 is 14.4 Å². The zero-order valence-electron chi connectivity index (χ0n) is 13.5. The third-order valence-electron chi connectivity index (χ3n) is 4.02. The highest BCUT2D eigenvalue weighted by Gasteiger charge is 2.54. The largest absolute Gasteiger partial charge is 0.375 e. The number of β-lactam (4-membered cyclic amide) rings is 1. The Kier molecular flexibility index (Phi) is 4.92. The quantitative estimate of drug-likeness (QED) is 0.449. The molecule has 140 valence electrons. The molecule has 27 heavy (non-hydrogen) atoms. The van der Waals surface area contributed by atoms with E-state index in [9.17, 15) is 14.4 Å². The molecule has 0 unspecified atom stereocenters. The van der Waals surface area contributed by atoms with Crippen molar-refractivity contribution in [2.75, 3.05) is 11.5 Å². The van der Waals surface area contributed by atoms with E-state index in [0.29, 0.717) is 27.2 Å². The van der Waals surface area contributed by atoms with E-state index in [1.165, 1.54) is 39.3 Å². The number of carbonyl (C=O) groups excluding carboxylic acids is 3. The van der Waals surface area contributed by atoms with E-state index in [0.717, 1.165) is 0 Å². The molecule has 0 radical (unpaired) electrons. The van der Waals surface area contributed by atoms with Crippen LogP contribution in [0, 0.1) is 0 Å². The van der Waals surface area contributed by atoms with E-state index in [-0.39, 0.29) is 29.3 Å². The molecule has 2 aromatic heterocycles. The van der Waals surface area contributed by atoms with Gasteiger partial charge >= 0.3 is 0 Å². The molecule has 4 rings (SSSR count). The lowest BCUT2D eigenvalue weighted by Gasteiger charge is -2.49. The van der Waals surface area contributed by atoms with E-state index < -0.39 is 11.2 Å². The van der Waals surface area contributed by atoms with Crippen LogP contribution in [-0.4, -0.2) is 54.2 Å². The van der Waals surface area contributed by atoms with Crippen LogP contribution in [0.4, 0.5) is 5.13 Å². The number of nitrogen functional groups attached to an aromatic ring is 1. The normalized spacial score (nSPS) is 21.7. The van der Waals surface area contributed by atoms with Crippen molar-refractivity contribution in [3.05, 3.63) is 27.3 Å². The van der Waals surface area contributed by atoms with Gasteiger partial charge in [-0.1, -0.05) is 12.6 Å². The molecule has 0 aromatic carbocycles. The SMILES string of the molecule is Nc1nc(CC(=O)N[C@@H]2C(=O)N3C(C(=O)S)=C(c4nncs4)CS[C@H]23)cs1. The molecule has 2 atom stereocenters. The fraction of sp³-hybridized carbons (Fsp3) is 0.286. The molecular formula is C14H12N6O3S4. The van der Waals surface area contributed by atoms with Crippen molar-refractivity contribution >= 4 is 74.7 Å². The number of fused-ring (bicyclic) bond motifs is 1. The zero-order chi connectivity index (χ0) is 19.1. The molecule has 2 amide bonds. The number of aromatic nitrogens is 3. The van der Waals surface area contributed by atoms with Crippen LogP contribution in [0.3, 0.4) is 0 Å². The summed E-state index contributed by atoms with van der Waals surface area (Å²) in [6.45, 7) is 0. The van der Waals surface area contributed by atoms with Crippen LogP contribution in [0.5, 0.6) is 0 Å². The monoisotopic (exact) mass is 440 g/mol. The number of carbonyl (C=O) groups is 3. The molecule has 2 aliphatic rings. The van der Waals surface area contributed by atoms with E-state index in [1.807, 2.05) is 0 Å². The van der Waals surface area contributed by atoms with Gasteiger partial charge in [-0.3, -0.25) is 19.3 Å². The Balaban J connectivity index is 1.51. The first-order chi connectivity index (χ1) is 13.0. The Hall–Kier alpha value is -1.96. The standard InChI is InChI=1S/C14H12N6O3S4/c15-14-17-5(2-26-14)1-7(21)18-8-11(22)20-9(13(23)24)6(3-25-12(8)20)10-19-16-4-27-10/h2,4,8,12H,1,3H2,(H2,15,17)(H,18,21)(H,23,24)/t8-,12-/m1/s1. The minimum Gasteiger partial charge on any atom is -0.375 e. The lowest BCUT2D eigenvalue weighted by atomic mass is 10.0. The summed E-state index contributed by atoms with van der Waals surface area (Å²) in [6.07, 6.45) is 0.0408. The maximum absolute atomic E-state index is 12.6. The lowest BCUT2D eigenvalue weighted by molar-refractivity contribution is -0.146. The van der Waals surface area contributed by atoms with Gasteiger partial charge in [0.2, 0.25) is 11.0 Å². The predicted octanol–water partition coefficient (Wildman–Crippen LogP) is 0.387. The molecule has 2 aliphatic heterocycles. The number of rotatable bonds is 5. The van der Waals surface area contributed by atoms with Gasteiger partial charge in [0.25, 0.3) is 5.91 Å².